The number of nitrogens with zero attached hydrogens (tertiary/aromatic N) is 1. The van der Waals surface area contributed by atoms with Gasteiger partial charge in [-0.2, -0.15) is 0 Å². The van der Waals surface area contributed by atoms with Gasteiger partial charge in [0.2, 0.25) is 0 Å². The largest absolute Gasteiger partial charge is 0.335 e. The van der Waals surface area contributed by atoms with Crippen LogP contribution in [-0.4, -0.2) is 17.4 Å². The normalized spacial score (nSPS) is 14.8. The molecule has 3 heteroatoms. The van der Waals surface area contributed by atoms with E-state index in [-0.39, 0.29) is 17.6 Å². The summed E-state index contributed by atoms with van der Waals surface area (Å²) in [5, 5.41) is 0. The molecule has 2 rings (SSSR count). The Labute approximate surface area is 95.1 Å². The van der Waals surface area contributed by atoms with Crippen LogP contribution in [0.2, 0.25) is 0 Å². The first kappa shape index (κ1) is 11.1. The molecule has 0 saturated heterocycles. The minimum absolute atomic E-state index is 0.0493. The quantitative estimate of drug-likeness (QED) is 0.752. The number of hydrogen-bond acceptors (Lipinski definition) is 1. The number of amides is 1. The first-order valence-electron chi connectivity index (χ1n) is 5.66. The zero-order valence-electron chi connectivity index (χ0n) is 9.88. The van der Waals surface area contributed by atoms with Gasteiger partial charge >= 0.3 is 0 Å². The average molecular weight is 221 g/mol. The lowest BCUT2D eigenvalue weighted by Gasteiger charge is -2.10. The van der Waals surface area contributed by atoms with Crippen molar-refractivity contribution in [2.24, 2.45) is 0 Å². The van der Waals surface area contributed by atoms with Crippen LogP contribution in [0.25, 0.3) is 0 Å². The van der Waals surface area contributed by atoms with Crippen LogP contribution in [0, 0.1) is 5.82 Å². The molecule has 0 N–H and O–H groups in total. The second kappa shape index (κ2) is 3.89. The maximum absolute atomic E-state index is 13.7. The first-order valence-corrected chi connectivity index (χ1v) is 5.66. The lowest BCUT2D eigenvalue weighted by Crippen LogP contribution is -2.22. The molecule has 1 aliphatic rings. The summed E-state index contributed by atoms with van der Waals surface area (Å²) in [6, 6.07) is 3.23. The van der Waals surface area contributed by atoms with E-state index in [4.69, 9.17) is 0 Å². The summed E-state index contributed by atoms with van der Waals surface area (Å²) in [7, 11) is 0. The predicted octanol–water partition coefficient (Wildman–Crippen LogP) is 2.92. The number of rotatable bonds is 2. The Morgan fingerprint density at radius 2 is 2.12 bits per heavy atom. The van der Waals surface area contributed by atoms with Gasteiger partial charge in [-0.3, -0.25) is 4.79 Å². The van der Waals surface area contributed by atoms with E-state index in [1.165, 1.54) is 6.07 Å². The highest BCUT2D eigenvalue weighted by Gasteiger charge is 2.27. The van der Waals surface area contributed by atoms with E-state index in [2.05, 4.69) is 0 Å². The Balaban J connectivity index is 2.48. The molecule has 0 atom stereocenters. The Morgan fingerprint density at radius 3 is 2.69 bits per heavy atom. The highest BCUT2D eigenvalue weighted by molar-refractivity contribution is 5.98. The molecular formula is C13H16FNO. The molecule has 1 aromatic rings. The van der Waals surface area contributed by atoms with Gasteiger partial charge in [-0.25, -0.2) is 4.39 Å². The van der Waals surface area contributed by atoms with Crippen LogP contribution in [0.3, 0.4) is 0 Å². The maximum atomic E-state index is 13.7. The monoisotopic (exact) mass is 221 g/mol. The number of carbonyl (C=O) groups is 1. The van der Waals surface area contributed by atoms with E-state index >= 15 is 0 Å². The summed E-state index contributed by atoms with van der Waals surface area (Å²) in [5.41, 5.74) is 2.19. The smallest absolute Gasteiger partial charge is 0.254 e. The second-order valence-corrected chi connectivity index (χ2v) is 4.50. The molecule has 0 aliphatic carbocycles. The molecule has 2 nitrogen and oxygen atoms in total. The van der Waals surface area contributed by atoms with Gasteiger partial charge in [0.1, 0.15) is 5.82 Å². The predicted molar refractivity (Wildman–Crippen MR) is 60.9 cm³/mol. The summed E-state index contributed by atoms with van der Waals surface area (Å²) in [5.74, 6) is -0.164. The van der Waals surface area contributed by atoms with E-state index in [1.807, 2.05) is 26.8 Å². The summed E-state index contributed by atoms with van der Waals surface area (Å²) < 4.78 is 13.7. The van der Waals surface area contributed by atoms with E-state index in [9.17, 15) is 9.18 Å². The lowest BCUT2D eigenvalue weighted by atomic mass is 9.98. The zero-order chi connectivity index (χ0) is 11.9. The molecule has 86 valence electrons. The van der Waals surface area contributed by atoms with Gasteiger partial charge in [0.05, 0.1) is 0 Å². The molecule has 0 fully saturated rings. The number of benzene rings is 1. The van der Waals surface area contributed by atoms with Crippen molar-refractivity contribution < 1.29 is 9.18 Å². The highest BCUT2D eigenvalue weighted by atomic mass is 19.1. The van der Waals surface area contributed by atoms with Crippen LogP contribution in [0.15, 0.2) is 12.1 Å². The van der Waals surface area contributed by atoms with Crippen LogP contribution in [-0.2, 0) is 6.54 Å². The van der Waals surface area contributed by atoms with Crippen LogP contribution < -0.4 is 0 Å². The second-order valence-electron chi connectivity index (χ2n) is 4.50. The van der Waals surface area contributed by atoms with E-state index < -0.39 is 0 Å². The van der Waals surface area contributed by atoms with Gasteiger partial charge in [0.15, 0.2) is 0 Å². The van der Waals surface area contributed by atoms with Crippen molar-refractivity contribution in [1.29, 1.82) is 0 Å². The molecule has 1 amide bonds. The van der Waals surface area contributed by atoms with Crippen molar-refractivity contribution in [2.75, 3.05) is 6.54 Å². The molecule has 1 aliphatic heterocycles. The lowest BCUT2D eigenvalue weighted by molar-refractivity contribution is 0.0787. The maximum Gasteiger partial charge on any atom is 0.254 e. The Kier molecular flexibility index (Phi) is 2.70. The minimum Gasteiger partial charge on any atom is -0.335 e. The minimum atomic E-state index is -0.264. The van der Waals surface area contributed by atoms with Crippen molar-refractivity contribution in [3.8, 4) is 0 Å². The Morgan fingerprint density at radius 1 is 1.44 bits per heavy atom. The Hall–Kier alpha value is -1.38. The Bertz CT molecular complexity index is 440. The molecular weight excluding hydrogens is 205 g/mol. The molecule has 0 spiro atoms. The van der Waals surface area contributed by atoms with Gasteiger partial charge in [0, 0.05) is 18.7 Å². The fraction of sp³-hybridized carbons (Fsp3) is 0.462. The zero-order valence-corrected chi connectivity index (χ0v) is 9.88. The first-order chi connectivity index (χ1) is 7.54. The van der Waals surface area contributed by atoms with Crippen LogP contribution >= 0.6 is 0 Å². The number of carbonyl (C=O) groups excluding carboxylic acids is 1. The van der Waals surface area contributed by atoms with Crippen molar-refractivity contribution in [1.82, 2.24) is 4.90 Å². The van der Waals surface area contributed by atoms with Crippen molar-refractivity contribution in [2.45, 2.75) is 33.2 Å². The van der Waals surface area contributed by atoms with Gasteiger partial charge < -0.3 is 4.90 Å². The topological polar surface area (TPSA) is 20.3 Å². The average Bonchev–Trinajstić information content (AvgIpc) is 2.54. The van der Waals surface area contributed by atoms with E-state index in [0.717, 1.165) is 5.56 Å². The van der Waals surface area contributed by atoms with Crippen LogP contribution in [0.4, 0.5) is 4.39 Å². The molecule has 0 radical (unpaired) electrons. The van der Waals surface area contributed by atoms with Gasteiger partial charge in [-0.15, -0.1) is 0 Å². The summed E-state index contributed by atoms with van der Waals surface area (Å²) in [4.78, 5) is 13.6. The molecule has 16 heavy (non-hydrogen) atoms. The van der Waals surface area contributed by atoms with E-state index in [0.29, 0.717) is 24.2 Å². The molecule has 0 saturated carbocycles. The number of fused-ring (bicyclic) bond motifs is 1. The summed E-state index contributed by atoms with van der Waals surface area (Å²) in [6.07, 6.45) is 0. The third kappa shape index (κ3) is 1.60. The fourth-order valence-corrected chi connectivity index (χ4v) is 2.11. The number of halogens is 1. The van der Waals surface area contributed by atoms with Gasteiger partial charge in [-0.1, -0.05) is 19.9 Å². The third-order valence-corrected chi connectivity index (χ3v) is 3.11. The van der Waals surface area contributed by atoms with Crippen molar-refractivity contribution in [3.05, 3.63) is 34.6 Å². The van der Waals surface area contributed by atoms with Crippen LogP contribution in [0.1, 0.15) is 48.2 Å². The molecule has 1 aromatic carbocycles. The molecule has 0 bridgehead atoms. The highest BCUT2D eigenvalue weighted by Crippen LogP contribution is 2.28. The van der Waals surface area contributed by atoms with Crippen LogP contribution in [0.5, 0.6) is 0 Å². The van der Waals surface area contributed by atoms with Crippen molar-refractivity contribution >= 4 is 5.91 Å². The fourth-order valence-electron chi connectivity index (χ4n) is 2.11. The standard InChI is InChI=1S/C13H16FNO/c1-4-15-7-9-5-10(8(2)3)12(14)6-11(9)13(15)16/h5-6,8H,4,7H2,1-3H3. The van der Waals surface area contributed by atoms with Crippen molar-refractivity contribution in [3.63, 3.8) is 0 Å². The molecule has 0 aromatic heterocycles. The SMILES string of the molecule is CCN1Cc2cc(C(C)C)c(F)cc2C1=O. The summed E-state index contributed by atoms with van der Waals surface area (Å²) in [6.45, 7) is 7.14. The molecule has 0 unspecified atom stereocenters. The van der Waals surface area contributed by atoms with Gasteiger partial charge in [0.25, 0.3) is 5.91 Å². The summed E-state index contributed by atoms with van der Waals surface area (Å²) >= 11 is 0. The number of hydrogen-bond donors (Lipinski definition) is 0. The van der Waals surface area contributed by atoms with E-state index in [1.54, 1.807) is 4.90 Å². The van der Waals surface area contributed by atoms with Gasteiger partial charge in [-0.05, 0) is 30.0 Å². The third-order valence-electron chi connectivity index (χ3n) is 3.11. The molecule has 1 heterocycles.